The first kappa shape index (κ1) is 30.9. The molecule has 0 N–H and O–H groups in total. The van der Waals surface area contributed by atoms with Gasteiger partial charge in [-0.05, 0) is 12.1 Å². The van der Waals surface area contributed by atoms with E-state index in [2.05, 4.69) is 47.7 Å². The number of likely N-dealkylation sites (N-methyl/N-ethyl adjacent to an activating group) is 1. The maximum atomic E-state index is 5.54. The van der Waals surface area contributed by atoms with Crippen molar-refractivity contribution >= 4 is 11.8 Å². The molecule has 0 fully saturated rings. The zero-order chi connectivity index (χ0) is 22.9. The summed E-state index contributed by atoms with van der Waals surface area (Å²) in [6.07, 6.45) is 0. The van der Waals surface area contributed by atoms with Crippen LogP contribution in [0.2, 0.25) is 0 Å². The van der Waals surface area contributed by atoms with Crippen molar-refractivity contribution in [3.63, 3.8) is 0 Å². The van der Waals surface area contributed by atoms with E-state index in [1.54, 1.807) is 26.0 Å². The second-order valence-electron chi connectivity index (χ2n) is 6.58. The Kier molecular flexibility index (Phi) is 18.6. The van der Waals surface area contributed by atoms with Gasteiger partial charge in [0.15, 0.2) is 0 Å². The van der Waals surface area contributed by atoms with Crippen molar-refractivity contribution in [1.82, 2.24) is 4.90 Å². The van der Waals surface area contributed by atoms with Crippen LogP contribution in [0.25, 0.3) is 0 Å². The Morgan fingerprint density at radius 3 is 1.91 bits per heavy atom. The standard InChI is InChI=1S/C9H14INOS.2C8H9O.Li/c1-11(2)4-5-12-7-9-8-13-6-3-10-9;2*1-7-4-3-5-8(6-7)9-2;/h3,8H,4-5,7H2,1-2H3;2*3-6H,1H2,2H3;/q-2;2*-1;+1. The Balaban J connectivity index is 0.000000455. The maximum absolute atomic E-state index is 5.54. The summed E-state index contributed by atoms with van der Waals surface area (Å²) in [5.74, 6) is 1.73. The Labute approximate surface area is 221 Å². The third-order valence-electron chi connectivity index (χ3n) is 3.69. The normalized spacial score (nSPS) is 12.0. The van der Waals surface area contributed by atoms with Gasteiger partial charge in [-0.2, -0.15) is 37.1 Å². The van der Waals surface area contributed by atoms with Gasteiger partial charge in [0.25, 0.3) is 0 Å². The smallest absolute Gasteiger partial charge is 0.510 e. The van der Waals surface area contributed by atoms with E-state index in [-0.39, 0.29) is 40.1 Å². The van der Waals surface area contributed by atoms with E-state index in [9.17, 15) is 0 Å². The van der Waals surface area contributed by atoms with E-state index in [0.29, 0.717) is 0 Å². The predicted octanol–water partition coefficient (Wildman–Crippen LogP) is -0.725. The Morgan fingerprint density at radius 1 is 0.969 bits per heavy atom. The molecule has 0 spiro atoms. The van der Waals surface area contributed by atoms with E-state index < -0.39 is 0 Å². The molecule has 0 unspecified atom stereocenters. The molecule has 0 bridgehead atoms. The first-order valence-electron chi connectivity index (χ1n) is 9.64. The van der Waals surface area contributed by atoms with Gasteiger partial charge in [0.2, 0.25) is 0 Å². The van der Waals surface area contributed by atoms with Crippen LogP contribution in [-0.4, -0.2) is 53.0 Å². The third kappa shape index (κ3) is 15.6. The average molecular weight is 560 g/mol. The molecule has 172 valence electrons. The number of methoxy groups -OCH3 is 2. The monoisotopic (exact) mass is 560 g/mol. The second kappa shape index (κ2) is 19.3. The molecule has 1 aliphatic heterocycles. The molecule has 0 aliphatic carbocycles. The molecule has 7 heteroatoms. The molecular formula is C25H32ILiNO3S-3. The van der Waals surface area contributed by atoms with Crippen LogP contribution < -0.4 is 49.5 Å². The third-order valence-corrected chi connectivity index (χ3v) is 7.23. The molecule has 1 heterocycles. The van der Waals surface area contributed by atoms with Crippen LogP contribution in [-0.2, 0) is 4.74 Å². The van der Waals surface area contributed by atoms with Crippen LogP contribution in [0.1, 0.15) is 11.1 Å². The SMILES string of the molecule is CN(C)CCOCC1=CS[C-]=C[I-]1.[CH2-]c1cccc(OC)c1.[CH2-]c1cccc(OC)c1.[Li+]. The number of benzene rings is 2. The number of ether oxygens (including phenoxy) is 3. The minimum Gasteiger partial charge on any atom is -0.510 e. The minimum absolute atomic E-state index is 0. The largest absolute Gasteiger partial charge is 1.00 e. The zero-order valence-corrected chi connectivity index (χ0v) is 22.7. The fourth-order valence-electron chi connectivity index (χ4n) is 2.07. The van der Waals surface area contributed by atoms with E-state index >= 15 is 0 Å². The van der Waals surface area contributed by atoms with Gasteiger partial charge in [0, 0.05) is 0 Å². The van der Waals surface area contributed by atoms with Crippen molar-refractivity contribution in [2.45, 2.75) is 0 Å². The summed E-state index contributed by atoms with van der Waals surface area (Å²) in [7, 11) is 7.41. The fourth-order valence-corrected chi connectivity index (χ4v) is 4.92. The van der Waals surface area contributed by atoms with Crippen LogP contribution in [0.15, 0.2) is 61.6 Å². The van der Waals surface area contributed by atoms with Gasteiger partial charge in [-0.25, -0.2) is 0 Å². The van der Waals surface area contributed by atoms with Gasteiger partial charge in [0.05, 0.1) is 25.7 Å². The van der Waals surface area contributed by atoms with Gasteiger partial charge in [0.1, 0.15) is 0 Å². The first-order valence-corrected chi connectivity index (χ1v) is 12.8. The van der Waals surface area contributed by atoms with Gasteiger partial charge in [-0.15, -0.1) is 24.3 Å². The summed E-state index contributed by atoms with van der Waals surface area (Å²) < 4.78 is 19.1. The van der Waals surface area contributed by atoms with Crippen LogP contribution in [0.5, 0.6) is 11.5 Å². The van der Waals surface area contributed by atoms with Crippen LogP contribution >= 0.6 is 11.8 Å². The summed E-state index contributed by atoms with van der Waals surface area (Å²) in [6.45, 7) is 10.1. The van der Waals surface area contributed by atoms with E-state index in [1.165, 1.54) is 3.58 Å². The van der Waals surface area contributed by atoms with Crippen molar-refractivity contribution in [3.05, 3.63) is 92.0 Å². The number of hydrogen-bond donors (Lipinski definition) is 0. The van der Waals surface area contributed by atoms with E-state index in [4.69, 9.17) is 14.2 Å². The second-order valence-corrected chi connectivity index (χ2v) is 9.92. The summed E-state index contributed by atoms with van der Waals surface area (Å²) in [6, 6.07) is 15.3. The molecular weight excluding hydrogens is 528 g/mol. The van der Waals surface area contributed by atoms with Gasteiger partial charge < -0.3 is 9.47 Å². The van der Waals surface area contributed by atoms with Crippen molar-refractivity contribution in [2.24, 2.45) is 0 Å². The van der Waals surface area contributed by atoms with Crippen molar-refractivity contribution in [1.29, 1.82) is 0 Å². The molecule has 3 rings (SSSR count). The Bertz CT molecular complexity index is 770. The molecule has 4 nitrogen and oxygen atoms in total. The molecule has 2 aromatic carbocycles. The first-order chi connectivity index (χ1) is 14.9. The summed E-state index contributed by atoms with van der Waals surface area (Å²) in [5.41, 5.74) is 1.96. The quantitative estimate of drug-likeness (QED) is 0.193. The van der Waals surface area contributed by atoms with Gasteiger partial charge >= 0.3 is 114 Å². The predicted molar refractivity (Wildman–Crippen MR) is 128 cm³/mol. The molecule has 0 aromatic heterocycles. The number of nitrogens with zero attached hydrogens (tertiary/aromatic N) is 1. The maximum Gasteiger partial charge on any atom is 1.00 e. The molecule has 0 amide bonds. The molecule has 0 saturated carbocycles. The number of thioether (sulfide) groups is 1. The van der Waals surface area contributed by atoms with E-state index in [1.807, 2.05) is 48.5 Å². The van der Waals surface area contributed by atoms with E-state index in [0.717, 1.165) is 42.4 Å². The summed E-state index contributed by atoms with van der Waals surface area (Å²) >= 11 is 1.72. The topological polar surface area (TPSA) is 30.9 Å². The summed E-state index contributed by atoms with van der Waals surface area (Å²) in [4.78, 5) is 2.13. The fraction of sp³-hybridized carbons (Fsp3) is 0.280. The molecule has 0 saturated heterocycles. The number of halogens is 1. The van der Waals surface area contributed by atoms with Crippen molar-refractivity contribution in [2.75, 3.05) is 48.1 Å². The Hall–Kier alpha value is -1.14. The average Bonchev–Trinajstić information content (AvgIpc) is 2.78. The van der Waals surface area contributed by atoms with Crippen molar-refractivity contribution < 1.29 is 54.3 Å². The molecule has 0 radical (unpaired) electrons. The molecule has 0 atom stereocenters. The van der Waals surface area contributed by atoms with Crippen molar-refractivity contribution in [3.8, 4) is 11.5 Å². The van der Waals surface area contributed by atoms with Gasteiger partial charge in [-0.3, -0.25) is 0 Å². The van der Waals surface area contributed by atoms with Gasteiger partial charge in [-0.1, -0.05) is 0 Å². The zero-order valence-electron chi connectivity index (χ0n) is 19.8. The van der Waals surface area contributed by atoms with Crippen LogP contribution in [0.3, 0.4) is 0 Å². The molecule has 1 aliphatic rings. The molecule has 32 heavy (non-hydrogen) atoms. The number of rotatable bonds is 7. The minimum atomic E-state index is 0. The number of hydrogen-bond acceptors (Lipinski definition) is 5. The Morgan fingerprint density at radius 2 is 1.53 bits per heavy atom. The van der Waals surface area contributed by atoms with Crippen LogP contribution in [0.4, 0.5) is 0 Å². The summed E-state index contributed by atoms with van der Waals surface area (Å²) in [5, 5.41) is 5.29. The molecule has 2 aromatic rings. The van der Waals surface area contributed by atoms with Crippen LogP contribution in [0, 0.1) is 19.3 Å².